The van der Waals surface area contributed by atoms with Crippen LogP contribution in [0, 0.1) is 0 Å². The van der Waals surface area contributed by atoms with Crippen LogP contribution in [0.2, 0.25) is 0 Å². The van der Waals surface area contributed by atoms with Gasteiger partial charge >= 0.3 is 12.1 Å². The normalized spacial score (nSPS) is 12.9. The fraction of sp³-hybridized carbons (Fsp3) is 0.200. The van der Waals surface area contributed by atoms with Crippen LogP contribution in [0.3, 0.4) is 0 Å². The van der Waals surface area contributed by atoms with E-state index in [2.05, 4.69) is 4.98 Å². The van der Waals surface area contributed by atoms with Crippen molar-refractivity contribution in [2.45, 2.75) is 18.5 Å². The van der Waals surface area contributed by atoms with E-state index in [1.54, 1.807) is 30.3 Å². The lowest BCUT2D eigenvalue weighted by molar-refractivity contribution is -0.141. The number of carbonyl (C=O) groups is 1. The number of halogens is 3. The topological polar surface area (TPSA) is 50.2 Å². The number of aliphatic carboxylic acids is 1. The van der Waals surface area contributed by atoms with Gasteiger partial charge in [-0.25, -0.2) is 0 Å². The Hall–Kier alpha value is -2.37. The molecule has 2 aromatic rings. The molecule has 0 radical (unpaired) electrons. The number of hydrogen-bond acceptors (Lipinski definition) is 2. The van der Waals surface area contributed by atoms with Gasteiger partial charge in [0.1, 0.15) is 0 Å². The molecule has 3 nitrogen and oxygen atoms in total. The zero-order valence-corrected chi connectivity index (χ0v) is 10.8. The van der Waals surface area contributed by atoms with Gasteiger partial charge in [-0.15, -0.1) is 0 Å². The minimum absolute atomic E-state index is 0.124. The Morgan fingerprint density at radius 3 is 2.43 bits per heavy atom. The molecule has 1 unspecified atom stereocenters. The van der Waals surface area contributed by atoms with Crippen LogP contribution in [0.4, 0.5) is 13.2 Å². The Morgan fingerprint density at radius 2 is 1.86 bits per heavy atom. The summed E-state index contributed by atoms with van der Waals surface area (Å²) in [5.41, 5.74) is -0.511. The van der Waals surface area contributed by atoms with E-state index in [0.717, 1.165) is 18.5 Å². The minimum atomic E-state index is -4.53. The lowest BCUT2D eigenvalue weighted by atomic mass is 9.91. The van der Waals surface area contributed by atoms with Gasteiger partial charge in [0.25, 0.3) is 0 Å². The van der Waals surface area contributed by atoms with E-state index in [-0.39, 0.29) is 12.0 Å². The molecule has 1 aromatic heterocycles. The van der Waals surface area contributed by atoms with E-state index in [0.29, 0.717) is 5.56 Å². The molecule has 1 heterocycles. The van der Waals surface area contributed by atoms with Gasteiger partial charge in [-0.2, -0.15) is 13.2 Å². The summed E-state index contributed by atoms with van der Waals surface area (Å²) >= 11 is 0. The summed E-state index contributed by atoms with van der Waals surface area (Å²) in [6.45, 7) is 0. The second kappa shape index (κ2) is 5.95. The van der Waals surface area contributed by atoms with Crippen molar-refractivity contribution in [2.24, 2.45) is 0 Å². The van der Waals surface area contributed by atoms with Crippen LogP contribution < -0.4 is 0 Å². The molecule has 1 atom stereocenters. The van der Waals surface area contributed by atoms with Crippen molar-refractivity contribution in [1.29, 1.82) is 0 Å². The minimum Gasteiger partial charge on any atom is -0.481 e. The third kappa shape index (κ3) is 3.59. The van der Waals surface area contributed by atoms with Crippen LogP contribution in [0.5, 0.6) is 0 Å². The first kappa shape index (κ1) is 15.0. The van der Waals surface area contributed by atoms with Gasteiger partial charge in [-0.1, -0.05) is 30.3 Å². The Bertz CT molecular complexity index is 626. The Balaban J connectivity index is 2.37. The van der Waals surface area contributed by atoms with Gasteiger partial charge in [0.15, 0.2) is 0 Å². The van der Waals surface area contributed by atoms with E-state index in [4.69, 9.17) is 0 Å². The number of rotatable bonds is 4. The van der Waals surface area contributed by atoms with Crippen molar-refractivity contribution in [2.75, 3.05) is 0 Å². The highest BCUT2D eigenvalue weighted by Crippen LogP contribution is 2.33. The fourth-order valence-electron chi connectivity index (χ4n) is 2.12. The maximum absolute atomic E-state index is 12.9. The average Bonchev–Trinajstić information content (AvgIpc) is 2.44. The predicted octanol–water partition coefficient (Wildman–Crippen LogP) is 3.51. The van der Waals surface area contributed by atoms with Crippen molar-refractivity contribution < 1.29 is 23.1 Å². The van der Waals surface area contributed by atoms with Gasteiger partial charge in [0.05, 0.1) is 11.5 Å². The number of pyridine rings is 1. The van der Waals surface area contributed by atoms with E-state index >= 15 is 0 Å². The van der Waals surface area contributed by atoms with Gasteiger partial charge < -0.3 is 5.11 Å². The summed E-state index contributed by atoms with van der Waals surface area (Å²) in [6.07, 6.45) is -2.67. The van der Waals surface area contributed by atoms with Crippen LogP contribution >= 0.6 is 0 Å². The second-order valence-corrected chi connectivity index (χ2v) is 4.54. The first-order valence-corrected chi connectivity index (χ1v) is 6.17. The molecule has 0 amide bonds. The number of alkyl halides is 3. The SMILES string of the molecule is O=C(O)C(Cc1cnccc1C(F)(F)F)c1ccccc1. The van der Waals surface area contributed by atoms with E-state index in [1.807, 2.05) is 0 Å². The number of carboxylic acid groups (broad SMARTS) is 1. The van der Waals surface area contributed by atoms with E-state index in [9.17, 15) is 23.1 Å². The van der Waals surface area contributed by atoms with E-state index < -0.39 is 23.6 Å². The summed E-state index contributed by atoms with van der Waals surface area (Å²) in [4.78, 5) is 15.0. The van der Waals surface area contributed by atoms with Crippen molar-refractivity contribution in [3.8, 4) is 0 Å². The Kier molecular flexibility index (Phi) is 4.26. The highest BCUT2D eigenvalue weighted by atomic mass is 19.4. The largest absolute Gasteiger partial charge is 0.481 e. The summed E-state index contributed by atoms with van der Waals surface area (Å²) in [6, 6.07) is 9.05. The summed E-state index contributed by atoms with van der Waals surface area (Å²) in [5.74, 6) is -2.21. The third-order valence-electron chi connectivity index (χ3n) is 3.13. The van der Waals surface area contributed by atoms with Crippen molar-refractivity contribution in [3.05, 3.63) is 65.5 Å². The van der Waals surface area contributed by atoms with Crippen molar-refractivity contribution in [3.63, 3.8) is 0 Å². The molecule has 6 heteroatoms. The zero-order chi connectivity index (χ0) is 15.5. The first-order chi connectivity index (χ1) is 9.89. The second-order valence-electron chi connectivity index (χ2n) is 4.54. The van der Waals surface area contributed by atoms with Crippen LogP contribution in [0.1, 0.15) is 22.6 Å². The summed E-state index contributed by atoms with van der Waals surface area (Å²) < 4.78 is 38.8. The monoisotopic (exact) mass is 295 g/mol. The van der Waals surface area contributed by atoms with Crippen molar-refractivity contribution in [1.82, 2.24) is 4.98 Å². The van der Waals surface area contributed by atoms with Crippen molar-refractivity contribution >= 4 is 5.97 Å². The quantitative estimate of drug-likeness (QED) is 0.939. The highest BCUT2D eigenvalue weighted by Gasteiger charge is 2.34. The van der Waals surface area contributed by atoms with Gasteiger partial charge in [-0.05, 0) is 23.6 Å². The standard InChI is InChI=1S/C15H12F3NO2/c16-15(17,18)13-6-7-19-9-11(13)8-12(14(20)21)10-4-2-1-3-5-10/h1-7,9,12H,8H2,(H,20,21). The number of benzene rings is 1. The molecule has 0 saturated heterocycles. The molecule has 1 N–H and O–H groups in total. The Labute approximate surface area is 119 Å². The molecule has 110 valence electrons. The van der Waals surface area contributed by atoms with Gasteiger partial charge in [0, 0.05) is 12.4 Å². The molecule has 2 rings (SSSR count). The fourth-order valence-corrected chi connectivity index (χ4v) is 2.12. The summed E-state index contributed by atoms with van der Waals surface area (Å²) in [5, 5.41) is 9.28. The van der Waals surface area contributed by atoms with Gasteiger partial charge in [-0.3, -0.25) is 9.78 Å². The van der Waals surface area contributed by atoms with Gasteiger partial charge in [0.2, 0.25) is 0 Å². The highest BCUT2D eigenvalue weighted by molar-refractivity contribution is 5.76. The van der Waals surface area contributed by atoms with Crippen LogP contribution in [0.15, 0.2) is 48.8 Å². The molecule has 21 heavy (non-hydrogen) atoms. The molecule has 0 fully saturated rings. The van der Waals surface area contributed by atoms with Crippen LogP contribution in [0.25, 0.3) is 0 Å². The molecular weight excluding hydrogens is 283 g/mol. The third-order valence-corrected chi connectivity index (χ3v) is 3.13. The maximum atomic E-state index is 12.9. The number of nitrogens with zero attached hydrogens (tertiary/aromatic N) is 1. The molecule has 0 aliphatic rings. The first-order valence-electron chi connectivity index (χ1n) is 6.17. The molecule has 0 saturated carbocycles. The molecule has 0 aliphatic heterocycles. The summed E-state index contributed by atoms with van der Waals surface area (Å²) in [7, 11) is 0. The smallest absolute Gasteiger partial charge is 0.416 e. The zero-order valence-electron chi connectivity index (χ0n) is 10.8. The van der Waals surface area contributed by atoms with Crippen LogP contribution in [-0.2, 0) is 17.4 Å². The molecule has 0 spiro atoms. The maximum Gasteiger partial charge on any atom is 0.416 e. The number of carboxylic acids is 1. The lowest BCUT2D eigenvalue weighted by Gasteiger charge is -2.16. The molecule has 0 aliphatic carbocycles. The van der Waals surface area contributed by atoms with Crippen LogP contribution in [-0.4, -0.2) is 16.1 Å². The average molecular weight is 295 g/mol. The molecular formula is C15H12F3NO2. The number of hydrogen-bond donors (Lipinski definition) is 1. The molecule has 1 aromatic carbocycles. The molecule has 0 bridgehead atoms. The number of aromatic nitrogens is 1. The van der Waals surface area contributed by atoms with E-state index in [1.165, 1.54) is 0 Å². The Morgan fingerprint density at radius 1 is 1.19 bits per heavy atom. The lowest BCUT2D eigenvalue weighted by Crippen LogP contribution is -2.17. The predicted molar refractivity (Wildman–Crippen MR) is 69.8 cm³/mol.